The highest BCUT2D eigenvalue weighted by Crippen LogP contribution is 2.31. The van der Waals surface area contributed by atoms with Gasteiger partial charge in [0.2, 0.25) is 0 Å². The lowest BCUT2D eigenvalue weighted by atomic mass is 9.88. The monoisotopic (exact) mass is 286 g/mol. The molecule has 0 fully saturated rings. The first-order valence-electron chi connectivity index (χ1n) is 7.66. The topological polar surface area (TPSA) is 66.0 Å². The van der Waals surface area contributed by atoms with Crippen molar-refractivity contribution in [3.63, 3.8) is 0 Å². The first kappa shape index (κ1) is 14.1. The maximum Gasteiger partial charge on any atom is 0.164 e. The molecule has 2 aromatic rings. The average molecular weight is 286 g/mol. The Hall–Kier alpha value is -1.88. The fraction of sp³-hybridized carbons (Fsp3) is 0.500. The summed E-state index contributed by atoms with van der Waals surface area (Å²) in [5.41, 5.74) is 8.77. The van der Waals surface area contributed by atoms with Crippen LogP contribution in [0, 0.1) is 0 Å². The number of nitrogens with two attached hydrogens (primary N) is 1. The van der Waals surface area contributed by atoms with Gasteiger partial charge in [0.1, 0.15) is 18.7 Å². The van der Waals surface area contributed by atoms with Crippen LogP contribution in [0.4, 0.5) is 0 Å². The van der Waals surface area contributed by atoms with Crippen LogP contribution < -0.4 is 10.5 Å². The highest BCUT2D eigenvalue weighted by Gasteiger charge is 2.17. The third-order valence-electron chi connectivity index (χ3n) is 3.98. The van der Waals surface area contributed by atoms with Crippen molar-refractivity contribution >= 4 is 0 Å². The molecule has 0 spiro atoms. The zero-order valence-corrected chi connectivity index (χ0v) is 12.5. The first-order valence-corrected chi connectivity index (χ1v) is 7.66. The van der Waals surface area contributed by atoms with E-state index in [9.17, 15) is 0 Å². The van der Waals surface area contributed by atoms with Crippen molar-refractivity contribution in [3.8, 4) is 5.75 Å². The highest BCUT2D eigenvalue weighted by molar-refractivity contribution is 5.39. The molecule has 5 nitrogen and oxygen atoms in total. The van der Waals surface area contributed by atoms with Crippen molar-refractivity contribution in [3.05, 3.63) is 41.5 Å². The van der Waals surface area contributed by atoms with Crippen molar-refractivity contribution in [1.82, 2.24) is 14.8 Å². The molecule has 1 aromatic carbocycles. The summed E-state index contributed by atoms with van der Waals surface area (Å²) >= 11 is 0. The van der Waals surface area contributed by atoms with Gasteiger partial charge in [0.15, 0.2) is 5.82 Å². The zero-order valence-electron chi connectivity index (χ0n) is 12.5. The van der Waals surface area contributed by atoms with Crippen LogP contribution in [0.25, 0.3) is 0 Å². The second kappa shape index (κ2) is 6.26. The van der Waals surface area contributed by atoms with Gasteiger partial charge >= 0.3 is 0 Å². The van der Waals surface area contributed by atoms with Gasteiger partial charge in [0.05, 0.1) is 0 Å². The van der Waals surface area contributed by atoms with E-state index >= 15 is 0 Å². The maximum absolute atomic E-state index is 6.19. The number of aryl methyl sites for hydroxylation is 2. The standard InChI is InChI=1S/C16H22N4O/c1-2-8-20-16(18-11-19-20)10-21-13-7-6-12-4-3-5-15(17)14(12)9-13/h6-7,9,11,15H,2-5,8,10,17H2,1H3. The van der Waals surface area contributed by atoms with Gasteiger partial charge in [0.25, 0.3) is 0 Å². The molecule has 21 heavy (non-hydrogen) atoms. The van der Waals surface area contributed by atoms with Gasteiger partial charge in [-0.3, -0.25) is 0 Å². The first-order chi connectivity index (χ1) is 10.3. The van der Waals surface area contributed by atoms with E-state index in [0.717, 1.165) is 37.4 Å². The van der Waals surface area contributed by atoms with E-state index in [1.165, 1.54) is 17.5 Å². The summed E-state index contributed by atoms with van der Waals surface area (Å²) in [4.78, 5) is 4.25. The lowest BCUT2D eigenvalue weighted by Crippen LogP contribution is -2.17. The summed E-state index contributed by atoms with van der Waals surface area (Å²) in [5, 5.41) is 4.21. The number of hydrogen-bond acceptors (Lipinski definition) is 4. The zero-order chi connectivity index (χ0) is 14.7. The van der Waals surface area contributed by atoms with E-state index in [1.807, 2.05) is 10.7 Å². The van der Waals surface area contributed by atoms with Crippen LogP contribution in [0.15, 0.2) is 24.5 Å². The molecular formula is C16H22N4O. The number of nitrogens with zero attached hydrogens (tertiary/aromatic N) is 3. The number of ether oxygens (including phenoxy) is 1. The van der Waals surface area contributed by atoms with Crippen LogP contribution in [0.1, 0.15) is 49.2 Å². The van der Waals surface area contributed by atoms with Crippen molar-refractivity contribution < 1.29 is 4.74 Å². The number of rotatable bonds is 5. The quantitative estimate of drug-likeness (QED) is 0.917. The summed E-state index contributed by atoms with van der Waals surface area (Å²) < 4.78 is 7.77. The molecule has 0 saturated heterocycles. The SMILES string of the molecule is CCCn1ncnc1COc1ccc2c(c1)C(N)CCC2. The Morgan fingerprint density at radius 1 is 1.43 bits per heavy atom. The molecule has 5 heteroatoms. The predicted octanol–water partition coefficient (Wildman–Crippen LogP) is 2.60. The van der Waals surface area contributed by atoms with Crippen LogP contribution in [-0.4, -0.2) is 14.8 Å². The molecule has 1 aliphatic carbocycles. The van der Waals surface area contributed by atoms with Gasteiger partial charge in [-0.05, 0) is 48.9 Å². The van der Waals surface area contributed by atoms with Crippen LogP contribution in [-0.2, 0) is 19.6 Å². The second-order valence-corrected chi connectivity index (χ2v) is 5.55. The molecule has 1 aromatic heterocycles. The largest absolute Gasteiger partial charge is 0.486 e. The van der Waals surface area contributed by atoms with E-state index in [1.54, 1.807) is 6.33 Å². The van der Waals surface area contributed by atoms with Gasteiger partial charge in [-0.25, -0.2) is 9.67 Å². The minimum absolute atomic E-state index is 0.140. The molecule has 0 saturated carbocycles. The van der Waals surface area contributed by atoms with Gasteiger partial charge in [-0.2, -0.15) is 5.10 Å². The Labute approximate surface area is 125 Å². The van der Waals surface area contributed by atoms with Gasteiger partial charge in [-0.1, -0.05) is 13.0 Å². The summed E-state index contributed by atoms with van der Waals surface area (Å²) in [6.07, 6.45) is 5.96. The van der Waals surface area contributed by atoms with Gasteiger partial charge < -0.3 is 10.5 Å². The Bertz CT molecular complexity index is 608. The van der Waals surface area contributed by atoms with Crippen LogP contribution in [0.3, 0.4) is 0 Å². The molecule has 1 unspecified atom stereocenters. The Kier molecular flexibility index (Phi) is 4.20. The summed E-state index contributed by atoms with van der Waals surface area (Å²) in [5.74, 6) is 1.72. The molecule has 0 amide bonds. The molecule has 1 atom stereocenters. The molecule has 0 radical (unpaired) electrons. The molecule has 1 aliphatic rings. The van der Waals surface area contributed by atoms with Crippen molar-refractivity contribution in [2.75, 3.05) is 0 Å². The number of aromatic nitrogens is 3. The van der Waals surface area contributed by atoms with E-state index in [0.29, 0.717) is 6.61 Å². The van der Waals surface area contributed by atoms with E-state index in [2.05, 4.69) is 29.1 Å². The van der Waals surface area contributed by atoms with Crippen molar-refractivity contribution in [1.29, 1.82) is 0 Å². The fourth-order valence-corrected chi connectivity index (χ4v) is 2.85. The maximum atomic E-state index is 6.19. The third kappa shape index (κ3) is 3.08. The highest BCUT2D eigenvalue weighted by atomic mass is 16.5. The lowest BCUT2D eigenvalue weighted by molar-refractivity contribution is 0.285. The van der Waals surface area contributed by atoms with E-state index < -0.39 is 0 Å². The third-order valence-corrected chi connectivity index (χ3v) is 3.98. The minimum Gasteiger partial charge on any atom is -0.486 e. The fourth-order valence-electron chi connectivity index (χ4n) is 2.85. The van der Waals surface area contributed by atoms with E-state index in [4.69, 9.17) is 10.5 Å². The van der Waals surface area contributed by atoms with Crippen LogP contribution >= 0.6 is 0 Å². The molecule has 0 bridgehead atoms. The minimum atomic E-state index is 0.140. The number of hydrogen-bond donors (Lipinski definition) is 1. The Balaban J connectivity index is 1.71. The molecule has 1 heterocycles. The summed E-state index contributed by atoms with van der Waals surface area (Å²) in [7, 11) is 0. The molecular weight excluding hydrogens is 264 g/mol. The van der Waals surface area contributed by atoms with Gasteiger partial charge in [0, 0.05) is 12.6 Å². The number of fused-ring (bicyclic) bond motifs is 1. The summed E-state index contributed by atoms with van der Waals surface area (Å²) in [6, 6.07) is 6.39. The van der Waals surface area contributed by atoms with Crippen molar-refractivity contribution in [2.24, 2.45) is 5.73 Å². The predicted molar refractivity (Wildman–Crippen MR) is 81.0 cm³/mol. The molecule has 2 N–H and O–H groups in total. The van der Waals surface area contributed by atoms with E-state index in [-0.39, 0.29) is 6.04 Å². The van der Waals surface area contributed by atoms with Gasteiger partial charge in [-0.15, -0.1) is 0 Å². The molecule has 0 aliphatic heterocycles. The van der Waals surface area contributed by atoms with Crippen LogP contribution in [0.5, 0.6) is 5.75 Å². The molecule has 112 valence electrons. The lowest BCUT2D eigenvalue weighted by Gasteiger charge is -2.22. The van der Waals surface area contributed by atoms with Crippen molar-refractivity contribution in [2.45, 2.75) is 51.8 Å². The summed E-state index contributed by atoms with van der Waals surface area (Å²) in [6.45, 7) is 3.43. The van der Waals surface area contributed by atoms with Crippen LogP contribution in [0.2, 0.25) is 0 Å². The number of benzene rings is 1. The second-order valence-electron chi connectivity index (χ2n) is 5.55. The Morgan fingerprint density at radius 3 is 3.19 bits per heavy atom. The smallest absolute Gasteiger partial charge is 0.164 e. The molecule has 3 rings (SSSR count). The Morgan fingerprint density at radius 2 is 2.33 bits per heavy atom. The average Bonchev–Trinajstić information content (AvgIpc) is 2.93. The normalized spacial score (nSPS) is 17.5.